The highest BCUT2D eigenvalue weighted by Gasteiger charge is 2.29. The zero-order chi connectivity index (χ0) is 20.2. The lowest BCUT2D eigenvalue weighted by Gasteiger charge is -2.33. The maximum atomic E-state index is 12.8. The molecule has 5 nitrogen and oxygen atoms in total. The largest absolute Gasteiger partial charge is 0.346 e. The topological polar surface area (TPSA) is 53.9 Å². The molecule has 6 heteroatoms. The lowest BCUT2D eigenvalue weighted by molar-refractivity contribution is -0.935. The summed E-state index contributed by atoms with van der Waals surface area (Å²) in [4.78, 5) is 29.4. The number of rotatable bonds is 6. The zero-order valence-corrected chi connectivity index (χ0v) is 17.8. The maximum absolute atomic E-state index is 12.8. The summed E-state index contributed by atoms with van der Waals surface area (Å²) in [5.41, 5.74) is 1.53. The standard InChI is InChI=1S/C23H29N3O2S/c1-17-10-13-25(14-11-17)20(21-4-3-15-29-21)16-24-23(28)18-6-8-19(9-7-18)26-12-2-5-22(26)27/h3-4,6-9,15,17,20H,2,5,10-14,16H2,1H3,(H,24,28)/p+1/t20-/m1/s1. The van der Waals surface area contributed by atoms with Crippen molar-refractivity contribution in [2.75, 3.05) is 31.1 Å². The molecule has 2 saturated heterocycles. The van der Waals surface area contributed by atoms with E-state index in [1.807, 2.05) is 24.3 Å². The molecule has 1 aromatic heterocycles. The van der Waals surface area contributed by atoms with E-state index < -0.39 is 0 Å². The van der Waals surface area contributed by atoms with E-state index in [0.717, 1.165) is 37.7 Å². The predicted octanol–water partition coefficient (Wildman–Crippen LogP) is 2.66. The molecule has 0 aliphatic carbocycles. The summed E-state index contributed by atoms with van der Waals surface area (Å²) < 4.78 is 0. The Morgan fingerprint density at radius 2 is 2.00 bits per heavy atom. The minimum Gasteiger partial charge on any atom is -0.346 e. The number of nitrogens with one attached hydrogen (secondary N) is 2. The predicted molar refractivity (Wildman–Crippen MR) is 117 cm³/mol. The van der Waals surface area contributed by atoms with Gasteiger partial charge < -0.3 is 15.1 Å². The molecular weight excluding hydrogens is 382 g/mol. The van der Waals surface area contributed by atoms with Crippen molar-refractivity contribution in [3.63, 3.8) is 0 Å². The van der Waals surface area contributed by atoms with Gasteiger partial charge in [0.15, 0.2) is 0 Å². The summed E-state index contributed by atoms with van der Waals surface area (Å²) in [5, 5.41) is 5.28. The molecule has 1 aromatic carbocycles. The number of anilines is 1. The van der Waals surface area contributed by atoms with Crippen LogP contribution in [0.15, 0.2) is 41.8 Å². The number of thiophene rings is 1. The van der Waals surface area contributed by atoms with Crippen LogP contribution in [0.4, 0.5) is 5.69 Å². The molecule has 4 rings (SSSR count). The van der Waals surface area contributed by atoms with Crippen LogP contribution in [-0.4, -0.2) is 38.0 Å². The molecule has 2 N–H and O–H groups in total. The van der Waals surface area contributed by atoms with Crippen molar-refractivity contribution >= 4 is 28.8 Å². The number of hydrogen-bond donors (Lipinski definition) is 2. The molecule has 0 spiro atoms. The van der Waals surface area contributed by atoms with Gasteiger partial charge in [-0.25, -0.2) is 0 Å². The van der Waals surface area contributed by atoms with Crippen molar-refractivity contribution in [3.8, 4) is 0 Å². The van der Waals surface area contributed by atoms with Gasteiger partial charge in [-0.15, -0.1) is 11.3 Å². The molecule has 154 valence electrons. The first-order valence-electron chi connectivity index (χ1n) is 10.7. The van der Waals surface area contributed by atoms with Gasteiger partial charge in [0.05, 0.1) is 24.5 Å². The van der Waals surface area contributed by atoms with Gasteiger partial charge in [0.25, 0.3) is 5.91 Å². The van der Waals surface area contributed by atoms with Gasteiger partial charge in [-0.1, -0.05) is 13.0 Å². The number of amides is 2. The Morgan fingerprint density at radius 3 is 2.62 bits per heavy atom. The van der Waals surface area contributed by atoms with Gasteiger partial charge in [0, 0.05) is 24.2 Å². The maximum Gasteiger partial charge on any atom is 0.251 e. The van der Waals surface area contributed by atoms with E-state index in [0.29, 0.717) is 24.6 Å². The number of piperidine rings is 1. The Kier molecular flexibility index (Phi) is 6.31. The van der Waals surface area contributed by atoms with Gasteiger partial charge in [0.1, 0.15) is 6.04 Å². The normalized spacial score (nSPS) is 23.2. The minimum absolute atomic E-state index is 0.0457. The number of carbonyl (C=O) groups is 2. The van der Waals surface area contributed by atoms with Gasteiger partial charge in [-0.05, 0) is 60.9 Å². The molecule has 2 aliphatic rings. The SMILES string of the molecule is CC1CC[NH+]([C@H](CNC(=O)c2ccc(N3CCCC3=O)cc2)c2cccs2)CC1. The highest BCUT2D eigenvalue weighted by molar-refractivity contribution is 7.10. The minimum atomic E-state index is -0.0457. The summed E-state index contributed by atoms with van der Waals surface area (Å²) in [6, 6.07) is 12.0. The molecule has 2 amide bonds. The number of likely N-dealkylation sites (tertiary alicyclic amines) is 1. The van der Waals surface area contributed by atoms with Crippen molar-refractivity contribution in [2.24, 2.45) is 5.92 Å². The van der Waals surface area contributed by atoms with Crippen molar-refractivity contribution < 1.29 is 14.5 Å². The van der Waals surface area contributed by atoms with Crippen LogP contribution in [0.25, 0.3) is 0 Å². The van der Waals surface area contributed by atoms with Crippen LogP contribution in [0.1, 0.15) is 53.9 Å². The molecule has 2 fully saturated rings. The number of carbonyl (C=O) groups excluding carboxylic acids is 2. The monoisotopic (exact) mass is 412 g/mol. The van der Waals surface area contributed by atoms with E-state index in [1.165, 1.54) is 17.7 Å². The van der Waals surface area contributed by atoms with Crippen LogP contribution in [0, 0.1) is 5.92 Å². The second-order valence-corrected chi connectivity index (χ2v) is 9.29. The Balaban J connectivity index is 1.39. The average molecular weight is 413 g/mol. The average Bonchev–Trinajstić information content (AvgIpc) is 3.41. The molecule has 2 aromatic rings. The van der Waals surface area contributed by atoms with E-state index in [1.54, 1.807) is 21.1 Å². The molecule has 2 aliphatic heterocycles. The zero-order valence-electron chi connectivity index (χ0n) is 17.0. The van der Waals surface area contributed by atoms with Crippen molar-refractivity contribution in [1.82, 2.24) is 5.32 Å². The fraction of sp³-hybridized carbons (Fsp3) is 0.478. The van der Waals surface area contributed by atoms with Crippen LogP contribution in [-0.2, 0) is 4.79 Å². The highest BCUT2D eigenvalue weighted by atomic mass is 32.1. The van der Waals surface area contributed by atoms with Crippen molar-refractivity contribution in [1.29, 1.82) is 0 Å². The molecule has 0 radical (unpaired) electrons. The molecular formula is C23H30N3O2S+. The molecule has 0 saturated carbocycles. The first-order valence-corrected chi connectivity index (χ1v) is 11.6. The molecule has 29 heavy (non-hydrogen) atoms. The fourth-order valence-corrected chi connectivity index (χ4v) is 5.31. The third-order valence-electron chi connectivity index (χ3n) is 6.28. The van der Waals surface area contributed by atoms with Crippen LogP contribution >= 0.6 is 11.3 Å². The number of benzene rings is 1. The molecule has 0 unspecified atom stereocenters. The summed E-state index contributed by atoms with van der Waals surface area (Å²) in [7, 11) is 0. The molecule has 1 atom stereocenters. The number of nitrogens with zero attached hydrogens (tertiary/aromatic N) is 1. The van der Waals surface area contributed by atoms with Gasteiger partial charge in [-0.3, -0.25) is 9.59 Å². The summed E-state index contributed by atoms with van der Waals surface area (Å²) in [6.07, 6.45) is 4.02. The highest BCUT2D eigenvalue weighted by Crippen LogP contribution is 2.22. The second kappa shape index (κ2) is 9.09. The Morgan fingerprint density at radius 1 is 1.24 bits per heavy atom. The first kappa shape index (κ1) is 20.1. The van der Waals surface area contributed by atoms with Crippen LogP contribution in [0.3, 0.4) is 0 Å². The van der Waals surface area contributed by atoms with E-state index in [9.17, 15) is 9.59 Å². The number of quaternary nitrogens is 1. The molecule has 3 heterocycles. The Bertz CT molecular complexity index is 826. The lowest BCUT2D eigenvalue weighted by atomic mass is 9.97. The fourth-order valence-electron chi connectivity index (χ4n) is 4.43. The number of hydrogen-bond acceptors (Lipinski definition) is 3. The van der Waals surface area contributed by atoms with E-state index in [4.69, 9.17) is 0 Å². The Labute approximate surface area is 176 Å². The van der Waals surface area contributed by atoms with E-state index >= 15 is 0 Å². The second-order valence-electron chi connectivity index (χ2n) is 8.31. The first-order chi connectivity index (χ1) is 14.1. The third kappa shape index (κ3) is 4.70. The third-order valence-corrected chi connectivity index (χ3v) is 7.26. The van der Waals surface area contributed by atoms with E-state index in [2.05, 4.69) is 29.8 Å². The van der Waals surface area contributed by atoms with E-state index in [-0.39, 0.29) is 11.8 Å². The summed E-state index contributed by atoms with van der Waals surface area (Å²) in [5.74, 6) is 0.925. The van der Waals surface area contributed by atoms with Crippen LogP contribution < -0.4 is 15.1 Å². The van der Waals surface area contributed by atoms with Gasteiger partial charge >= 0.3 is 0 Å². The van der Waals surface area contributed by atoms with Crippen molar-refractivity contribution in [3.05, 3.63) is 52.2 Å². The quantitative estimate of drug-likeness (QED) is 0.766. The van der Waals surface area contributed by atoms with Crippen LogP contribution in [0.2, 0.25) is 0 Å². The van der Waals surface area contributed by atoms with Gasteiger partial charge in [0.2, 0.25) is 5.91 Å². The summed E-state index contributed by atoms with van der Waals surface area (Å²) in [6.45, 7) is 6.08. The van der Waals surface area contributed by atoms with Gasteiger partial charge in [-0.2, -0.15) is 0 Å². The molecule has 0 bridgehead atoms. The van der Waals surface area contributed by atoms with Crippen molar-refractivity contribution in [2.45, 2.75) is 38.6 Å². The Hall–Kier alpha value is -2.18. The lowest BCUT2D eigenvalue weighted by Crippen LogP contribution is -3.14. The van der Waals surface area contributed by atoms with Crippen LogP contribution in [0.5, 0.6) is 0 Å². The smallest absolute Gasteiger partial charge is 0.251 e. The summed E-state index contributed by atoms with van der Waals surface area (Å²) >= 11 is 1.78.